The van der Waals surface area contributed by atoms with Crippen molar-refractivity contribution in [2.24, 2.45) is 0 Å². The lowest BCUT2D eigenvalue weighted by Crippen LogP contribution is -2.60. The molecular formula is C28H35N3O7. The molecule has 0 aliphatic carbocycles. The second-order valence-electron chi connectivity index (χ2n) is 9.92. The first-order valence-corrected chi connectivity index (χ1v) is 12.5. The van der Waals surface area contributed by atoms with Gasteiger partial charge in [-0.2, -0.15) is 0 Å². The van der Waals surface area contributed by atoms with E-state index in [4.69, 9.17) is 14.3 Å². The highest BCUT2D eigenvalue weighted by molar-refractivity contribution is 5.86. The lowest BCUT2D eigenvalue weighted by molar-refractivity contribution is -0.155. The predicted octanol–water partition coefficient (Wildman–Crippen LogP) is 3.21. The van der Waals surface area contributed by atoms with Crippen molar-refractivity contribution in [1.82, 2.24) is 15.3 Å². The number of amides is 3. The van der Waals surface area contributed by atoms with Gasteiger partial charge < -0.3 is 14.4 Å². The Morgan fingerprint density at radius 3 is 2.08 bits per heavy atom. The van der Waals surface area contributed by atoms with Crippen molar-refractivity contribution in [1.29, 1.82) is 0 Å². The maximum atomic E-state index is 13.0. The summed E-state index contributed by atoms with van der Waals surface area (Å²) in [6.45, 7) is 5.70. The molecule has 1 N–H and O–H groups in total. The van der Waals surface area contributed by atoms with Crippen LogP contribution in [0, 0.1) is 0 Å². The normalized spacial score (nSPS) is 15.5. The minimum absolute atomic E-state index is 0.0371. The summed E-state index contributed by atoms with van der Waals surface area (Å²) in [5.74, 6) is -1.38. The lowest BCUT2D eigenvalue weighted by Gasteiger charge is -2.40. The van der Waals surface area contributed by atoms with Crippen molar-refractivity contribution in [3.63, 3.8) is 0 Å². The molecule has 1 atom stereocenters. The van der Waals surface area contributed by atoms with Crippen LogP contribution in [0.4, 0.5) is 4.79 Å². The zero-order valence-electron chi connectivity index (χ0n) is 22.1. The van der Waals surface area contributed by atoms with Gasteiger partial charge in [0.05, 0.1) is 13.2 Å². The summed E-state index contributed by atoms with van der Waals surface area (Å²) in [5, 5.41) is 0. The number of benzene rings is 2. The molecule has 1 fully saturated rings. The Morgan fingerprint density at radius 1 is 0.868 bits per heavy atom. The van der Waals surface area contributed by atoms with E-state index in [0.717, 1.165) is 11.1 Å². The number of hydroxylamine groups is 1. The van der Waals surface area contributed by atoms with Crippen LogP contribution in [0.3, 0.4) is 0 Å². The molecule has 1 aliphatic rings. The Bertz CT molecular complexity index is 1090. The fourth-order valence-corrected chi connectivity index (χ4v) is 3.78. The van der Waals surface area contributed by atoms with Gasteiger partial charge in [-0.1, -0.05) is 60.7 Å². The summed E-state index contributed by atoms with van der Waals surface area (Å²) in [6.07, 6.45) is -0.803. The van der Waals surface area contributed by atoms with Crippen molar-refractivity contribution in [3.05, 3.63) is 71.8 Å². The summed E-state index contributed by atoms with van der Waals surface area (Å²) >= 11 is 0. The molecule has 38 heavy (non-hydrogen) atoms. The maximum Gasteiger partial charge on any atom is 0.411 e. The van der Waals surface area contributed by atoms with E-state index in [0.29, 0.717) is 0 Å². The van der Waals surface area contributed by atoms with E-state index >= 15 is 0 Å². The number of rotatable bonds is 9. The van der Waals surface area contributed by atoms with Crippen LogP contribution in [0.2, 0.25) is 0 Å². The van der Waals surface area contributed by atoms with Gasteiger partial charge in [-0.15, -0.1) is 0 Å². The number of carbonyl (C=O) groups excluding carboxylic acids is 4. The summed E-state index contributed by atoms with van der Waals surface area (Å²) in [7, 11) is 0. The lowest BCUT2D eigenvalue weighted by atomic mass is 10.1. The zero-order valence-corrected chi connectivity index (χ0v) is 22.1. The van der Waals surface area contributed by atoms with E-state index in [1.165, 1.54) is 9.80 Å². The highest BCUT2D eigenvalue weighted by Gasteiger charge is 2.39. The zero-order chi connectivity index (χ0) is 27.5. The molecule has 0 unspecified atom stereocenters. The molecule has 3 rings (SSSR count). The number of hydrogen-bond donors (Lipinski definition) is 1. The van der Waals surface area contributed by atoms with Gasteiger partial charge in [0.1, 0.15) is 12.2 Å². The number of nitrogens with one attached hydrogen (secondary N) is 1. The standard InChI is InChI=1S/C28H35N3O7/c1-28(2,3)38-27(35)31-17-16-30(18-23(31)26(34)36-19-21-10-6-4-7-11-21)25(33)15-14-24(32)29-37-20-22-12-8-5-9-13-22/h4-13,23H,14-20H2,1-3H3,(H,29,32)/t23-/m0/s1. The molecule has 2 aromatic rings. The van der Waals surface area contributed by atoms with Gasteiger partial charge in [-0.3, -0.25) is 19.3 Å². The molecule has 0 bridgehead atoms. The molecule has 0 spiro atoms. The molecule has 10 nitrogen and oxygen atoms in total. The van der Waals surface area contributed by atoms with Gasteiger partial charge in [0.25, 0.3) is 0 Å². The smallest absolute Gasteiger partial charge is 0.411 e. The second-order valence-corrected chi connectivity index (χ2v) is 9.92. The van der Waals surface area contributed by atoms with Crippen molar-refractivity contribution < 1.29 is 33.5 Å². The number of carbonyl (C=O) groups is 4. The molecule has 1 aliphatic heterocycles. The monoisotopic (exact) mass is 525 g/mol. The maximum absolute atomic E-state index is 13.0. The van der Waals surface area contributed by atoms with Crippen LogP contribution in [-0.4, -0.2) is 65.0 Å². The summed E-state index contributed by atoms with van der Waals surface area (Å²) in [4.78, 5) is 58.8. The highest BCUT2D eigenvalue weighted by Crippen LogP contribution is 2.18. The summed E-state index contributed by atoms with van der Waals surface area (Å²) in [6, 6.07) is 17.5. The topological polar surface area (TPSA) is 114 Å². The number of hydrogen-bond acceptors (Lipinski definition) is 7. The van der Waals surface area contributed by atoms with Crippen LogP contribution in [0.1, 0.15) is 44.7 Å². The molecule has 204 valence electrons. The fourth-order valence-electron chi connectivity index (χ4n) is 3.78. The summed E-state index contributed by atoms with van der Waals surface area (Å²) < 4.78 is 11.0. The number of nitrogens with zero attached hydrogens (tertiary/aromatic N) is 2. The van der Waals surface area contributed by atoms with E-state index < -0.39 is 29.6 Å². The van der Waals surface area contributed by atoms with Gasteiger partial charge in [0, 0.05) is 25.9 Å². The van der Waals surface area contributed by atoms with Crippen molar-refractivity contribution in [3.8, 4) is 0 Å². The average molecular weight is 526 g/mol. The van der Waals surface area contributed by atoms with Crippen LogP contribution >= 0.6 is 0 Å². The van der Waals surface area contributed by atoms with Crippen LogP contribution < -0.4 is 5.48 Å². The quantitative estimate of drug-likeness (QED) is 0.395. The molecule has 1 heterocycles. The average Bonchev–Trinajstić information content (AvgIpc) is 2.90. The first kappa shape index (κ1) is 28.6. The first-order valence-electron chi connectivity index (χ1n) is 12.5. The minimum atomic E-state index is -1.03. The molecule has 1 saturated heterocycles. The van der Waals surface area contributed by atoms with E-state index in [9.17, 15) is 19.2 Å². The Hall–Kier alpha value is -3.92. The van der Waals surface area contributed by atoms with Crippen LogP contribution in [0.25, 0.3) is 0 Å². The Kier molecular flexibility index (Phi) is 10.2. The first-order chi connectivity index (χ1) is 18.1. The van der Waals surface area contributed by atoms with E-state index in [-0.39, 0.29) is 51.6 Å². The van der Waals surface area contributed by atoms with Crippen LogP contribution in [0.15, 0.2) is 60.7 Å². The van der Waals surface area contributed by atoms with Crippen molar-refractivity contribution in [2.75, 3.05) is 19.6 Å². The van der Waals surface area contributed by atoms with Gasteiger partial charge in [0.2, 0.25) is 11.8 Å². The number of esters is 1. The molecule has 2 aromatic carbocycles. The van der Waals surface area contributed by atoms with Crippen LogP contribution in [0.5, 0.6) is 0 Å². The third-order valence-electron chi connectivity index (χ3n) is 5.69. The van der Waals surface area contributed by atoms with Crippen LogP contribution in [-0.2, 0) is 41.9 Å². The fraction of sp³-hybridized carbons (Fsp3) is 0.429. The number of ether oxygens (including phenoxy) is 2. The van der Waals surface area contributed by atoms with Crippen molar-refractivity contribution >= 4 is 23.9 Å². The second kappa shape index (κ2) is 13.6. The molecule has 0 aromatic heterocycles. The molecule has 0 radical (unpaired) electrons. The molecule has 10 heteroatoms. The molecule has 3 amide bonds. The van der Waals surface area contributed by atoms with E-state index in [1.807, 2.05) is 60.7 Å². The third kappa shape index (κ3) is 9.19. The molecule has 0 saturated carbocycles. The Morgan fingerprint density at radius 2 is 1.47 bits per heavy atom. The SMILES string of the molecule is CC(C)(C)OC(=O)N1CCN(C(=O)CCC(=O)NOCc2ccccc2)C[C@H]1C(=O)OCc1ccccc1. The van der Waals surface area contributed by atoms with E-state index in [1.54, 1.807) is 20.8 Å². The largest absolute Gasteiger partial charge is 0.459 e. The van der Waals surface area contributed by atoms with Gasteiger partial charge in [-0.05, 0) is 31.9 Å². The third-order valence-corrected chi connectivity index (χ3v) is 5.69. The van der Waals surface area contributed by atoms with E-state index in [2.05, 4.69) is 5.48 Å². The number of piperazine rings is 1. The molecular weight excluding hydrogens is 490 g/mol. The predicted molar refractivity (Wildman–Crippen MR) is 138 cm³/mol. The Labute approximate surface area is 222 Å². The van der Waals surface area contributed by atoms with Gasteiger partial charge >= 0.3 is 12.1 Å². The summed E-state index contributed by atoms with van der Waals surface area (Å²) in [5.41, 5.74) is 3.29. The highest BCUT2D eigenvalue weighted by atomic mass is 16.6. The van der Waals surface area contributed by atoms with Crippen molar-refractivity contribution in [2.45, 2.75) is 58.5 Å². The van der Waals surface area contributed by atoms with Gasteiger partial charge in [0.15, 0.2) is 6.04 Å². The minimum Gasteiger partial charge on any atom is -0.459 e. The Balaban J connectivity index is 1.55. The van der Waals surface area contributed by atoms with Gasteiger partial charge in [-0.25, -0.2) is 15.1 Å².